The maximum absolute atomic E-state index is 11.3. The Hall–Kier alpha value is -1.62. The minimum Gasteiger partial charge on any atom is -0.474 e. The van der Waals surface area contributed by atoms with Crippen molar-refractivity contribution in [2.75, 3.05) is 11.9 Å². The maximum atomic E-state index is 11.3. The van der Waals surface area contributed by atoms with Gasteiger partial charge in [-0.15, -0.1) is 0 Å². The quantitative estimate of drug-likeness (QED) is 0.610. The Morgan fingerprint density at radius 1 is 1.64 bits per heavy atom. The molecular weight excluding hydrogens is 182 g/mol. The van der Waals surface area contributed by atoms with E-state index in [9.17, 15) is 4.79 Å². The van der Waals surface area contributed by atoms with Crippen LogP contribution >= 0.6 is 0 Å². The topological polar surface area (TPSA) is 77.2 Å². The van der Waals surface area contributed by atoms with Crippen LogP contribution in [0.15, 0.2) is 12.1 Å². The third-order valence-electron chi connectivity index (χ3n) is 1.99. The monoisotopic (exact) mass is 193 g/mol. The number of nitrogens with two attached hydrogens (primary N) is 1. The lowest BCUT2D eigenvalue weighted by atomic mass is 10.3. The number of pyridine rings is 1. The van der Waals surface area contributed by atoms with E-state index in [2.05, 4.69) is 10.3 Å². The van der Waals surface area contributed by atoms with Crippen LogP contribution < -0.4 is 15.8 Å². The van der Waals surface area contributed by atoms with Crippen molar-refractivity contribution in [2.24, 2.45) is 5.73 Å². The Balaban J connectivity index is 2.37. The molecule has 5 heteroatoms. The fraction of sp³-hybridized carbons (Fsp3) is 0.333. The van der Waals surface area contributed by atoms with Gasteiger partial charge in [-0.3, -0.25) is 4.79 Å². The minimum atomic E-state index is -0.635. The number of carbonyl (C=O) groups excluding carboxylic acids is 1. The van der Waals surface area contributed by atoms with Gasteiger partial charge in [0.1, 0.15) is 18.3 Å². The first-order valence-electron chi connectivity index (χ1n) is 4.34. The molecule has 0 aliphatic carbocycles. The Kier molecular flexibility index (Phi) is 2.09. The summed E-state index contributed by atoms with van der Waals surface area (Å²) in [4.78, 5) is 15.5. The summed E-state index contributed by atoms with van der Waals surface area (Å²) in [5, 5.41) is 2.65. The summed E-state index contributed by atoms with van der Waals surface area (Å²) in [7, 11) is 0. The predicted molar refractivity (Wildman–Crippen MR) is 51.1 cm³/mol. The van der Waals surface area contributed by atoms with Gasteiger partial charge in [-0.05, 0) is 19.1 Å². The van der Waals surface area contributed by atoms with Crippen LogP contribution in [0.4, 0.5) is 5.69 Å². The first kappa shape index (κ1) is 8.96. The molecule has 0 spiro atoms. The van der Waals surface area contributed by atoms with Crippen LogP contribution in [0.1, 0.15) is 5.69 Å². The van der Waals surface area contributed by atoms with E-state index in [0.717, 1.165) is 5.69 Å². The normalized spacial score (nSPS) is 20.4. The van der Waals surface area contributed by atoms with Crippen LogP contribution in [-0.2, 0) is 4.79 Å². The number of ether oxygens (including phenoxy) is 1. The maximum Gasteiger partial charge on any atom is 0.244 e. The highest BCUT2D eigenvalue weighted by Gasteiger charge is 2.21. The highest BCUT2D eigenvalue weighted by Crippen LogP contribution is 2.24. The average Bonchev–Trinajstić information content (AvgIpc) is 2.29. The number of amides is 1. The fourth-order valence-corrected chi connectivity index (χ4v) is 1.21. The van der Waals surface area contributed by atoms with Gasteiger partial charge in [0, 0.05) is 5.69 Å². The number of carbonyl (C=O) groups is 1. The van der Waals surface area contributed by atoms with E-state index in [1.807, 2.05) is 6.92 Å². The van der Waals surface area contributed by atoms with Gasteiger partial charge in [-0.2, -0.15) is 0 Å². The standard InChI is InChI=1S/C9H11N3O2/c1-5-2-3-7-9(11-5)14-4-6(10)8(13)12-7/h2-3,6H,4,10H2,1H3,(H,12,13)/t6-/m0/s1. The van der Waals surface area contributed by atoms with Gasteiger partial charge in [0.25, 0.3) is 0 Å². The van der Waals surface area contributed by atoms with E-state index in [4.69, 9.17) is 10.5 Å². The van der Waals surface area contributed by atoms with Crippen LogP contribution in [0.25, 0.3) is 0 Å². The molecule has 1 atom stereocenters. The van der Waals surface area contributed by atoms with Crippen molar-refractivity contribution in [3.63, 3.8) is 0 Å². The summed E-state index contributed by atoms with van der Waals surface area (Å²) in [5.41, 5.74) is 6.95. The fourth-order valence-electron chi connectivity index (χ4n) is 1.21. The summed E-state index contributed by atoms with van der Waals surface area (Å²) >= 11 is 0. The molecule has 1 aliphatic rings. The zero-order valence-electron chi connectivity index (χ0n) is 7.78. The summed E-state index contributed by atoms with van der Waals surface area (Å²) in [6.07, 6.45) is 0. The van der Waals surface area contributed by atoms with Gasteiger partial charge in [-0.1, -0.05) is 0 Å². The van der Waals surface area contributed by atoms with Crippen LogP contribution in [0, 0.1) is 6.92 Å². The SMILES string of the molecule is Cc1ccc2c(n1)OC[C@H](N)C(=O)N2. The summed E-state index contributed by atoms with van der Waals surface area (Å²) in [6, 6.07) is 2.93. The molecule has 0 unspecified atom stereocenters. The number of aromatic nitrogens is 1. The van der Waals surface area contributed by atoms with Crippen molar-refractivity contribution in [1.82, 2.24) is 4.98 Å². The first-order valence-corrected chi connectivity index (χ1v) is 4.34. The van der Waals surface area contributed by atoms with Crippen molar-refractivity contribution >= 4 is 11.6 Å². The largest absolute Gasteiger partial charge is 0.474 e. The Morgan fingerprint density at radius 2 is 2.43 bits per heavy atom. The summed E-state index contributed by atoms with van der Waals surface area (Å²) in [5.74, 6) is 0.195. The number of rotatable bonds is 0. The van der Waals surface area contributed by atoms with Crippen molar-refractivity contribution in [1.29, 1.82) is 0 Å². The number of nitrogens with one attached hydrogen (secondary N) is 1. The zero-order valence-corrected chi connectivity index (χ0v) is 7.78. The lowest BCUT2D eigenvalue weighted by molar-refractivity contribution is -0.117. The Labute approximate surface area is 81.3 Å². The second kappa shape index (κ2) is 3.26. The van der Waals surface area contributed by atoms with E-state index < -0.39 is 6.04 Å². The second-order valence-electron chi connectivity index (χ2n) is 3.21. The average molecular weight is 193 g/mol. The molecule has 2 rings (SSSR count). The van der Waals surface area contributed by atoms with Crippen LogP contribution in [-0.4, -0.2) is 23.5 Å². The Morgan fingerprint density at radius 3 is 3.21 bits per heavy atom. The minimum absolute atomic E-state index is 0.162. The van der Waals surface area contributed by atoms with E-state index in [-0.39, 0.29) is 12.5 Å². The number of fused-ring (bicyclic) bond motifs is 1. The highest BCUT2D eigenvalue weighted by molar-refractivity contribution is 5.96. The number of anilines is 1. The molecule has 0 fully saturated rings. The molecule has 2 heterocycles. The molecule has 0 saturated heterocycles. The van der Waals surface area contributed by atoms with Crippen LogP contribution in [0.5, 0.6) is 5.88 Å². The van der Waals surface area contributed by atoms with Crippen molar-refractivity contribution in [3.8, 4) is 5.88 Å². The smallest absolute Gasteiger partial charge is 0.244 e. The molecule has 0 bridgehead atoms. The van der Waals surface area contributed by atoms with Crippen LogP contribution in [0.2, 0.25) is 0 Å². The van der Waals surface area contributed by atoms with E-state index in [1.165, 1.54) is 0 Å². The van der Waals surface area contributed by atoms with Crippen LogP contribution in [0.3, 0.4) is 0 Å². The van der Waals surface area contributed by atoms with Crippen molar-refractivity contribution < 1.29 is 9.53 Å². The van der Waals surface area contributed by atoms with Gasteiger partial charge in [0.2, 0.25) is 11.8 Å². The van der Waals surface area contributed by atoms with Crippen molar-refractivity contribution in [3.05, 3.63) is 17.8 Å². The molecule has 1 aliphatic heterocycles. The zero-order chi connectivity index (χ0) is 10.1. The number of hydrogen-bond donors (Lipinski definition) is 2. The molecule has 0 aromatic carbocycles. The lowest BCUT2D eigenvalue weighted by Gasteiger charge is -2.05. The molecule has 1 amide bonds. The highest BCUT2D eigenvalue weighted by atomic mass is 16.5. The van der Waals surface area contributed by atoms with E-state index >= 15 is 0 Å². The molecule has 0 saturated carbocycles. The lowest BCUT2D eigenvalue weighted by Crippen LogP contribution is -2.38. The molecule has 1 aromatic heterocycles. The third-order valence-corrected chi connectivity index (χ3v) is 1.99. The third kappa shape index (κ3) is 1.54. The van der Waals surface area contributed by atoms with E-state index in [0.29, 0.717) is 11.6 Å². The Bertz CT molecular complexity index is 378. The van der Waals surface area contributed by atoms with Crippen molar-refractivity contribution in [2.45, 2.75) is 13.0 Å². The van der Waals surface area contributed by atoms with Gasteiger partial charge in [-0.25, -0.2) is 4.98 Å². The number of nitrogens with zero attached hydrogens (tertiary/aromatic N) is 1. The number of aryl methyl sites for hydroxylation is 1. The van der Waals surface area contributed by atoms with Gasteiger partial charge >= 0.3 is 0 Å². The molecule has 5 nitrogen and oxygen atoms in total. The molecule has 1 aromatic rings. The predicted octanol–water partition coefficient (Wildman–Crippen LogP) is 0.0482. The molecule has 0 radical (unpaired) electrons. The van der Waals surface area contributed by atoms with Gasteiger partial charge in [0.15, 0.2) is 0 Å². The summed E-state index contributed by atoms with van der Waals surface area (Å²) < 4.78 is 5.29. The van der Waals surface area contributed by atoms with Gasteiger partial charge in [0.05, 0.1) is 0 Å². The molecule has 3 N–H and O–H groups in total. The molecule has 74 valence electrons. The first-order chi connectivity index (χ1) is 6.66. The molecule has 14 heavy (non-hydrogen) atoms. The van der Waals surface area contributed by atoms with Gasteiger partial charge < -0.3 is 15.8 Å². The number of hydrogen-bond acceptors (Lipinski definition) is 4. The summed E-state index contributed by atoms with van der Waals surface area (Å²) in [6.45, 7) is 2.02. The second-order valence-corrected chi connectivity index (χ2v) is 3.21. The molecular formula is C9H11N3O2. The van der Waals surface area contributed by atoms with E-state index in [1.54, 1.807) is 12.1 Å².